The maximum absolute atomic E-state index is 12.3. The lowest BCUT2D eigenvalue weighted by atomic mass is 10.2. The Bertz CT molecular complexity index is 839. The number of hydrogen-bond acceptors (Lipinski definition) is 2. The topological polar surface area (TPSA) is 46.4 Å². The van der Waals surface area contributed by atoms with Gasteiger partial charge in [-0.3, -0.25) is 4.79 Å². The van der Waals surface area contributed by atoms with Gasteiger partial charge in [0.1, 0.15) is 5.65 Å². The standard InChI is InChI=1S/C16H14ClN3O/c1-10-3-4-13(8-14(10)17)19-16(21)12-5-6-20-9-11(2)18-15(20)7-12/h3-9H,1-2H3,(H,19,21). The van der Waals surface area contributed by atoms with Gasteiger partial charge in [-0.2, -0.15) is 0 Å². The van der Waals surface area contributed by atoms with Crippen molar-refractivity contribution in [2.45, 2.75) is 13.8 Å². The Morgan fingerprint density at radius 2 is 2.05 bits per heavy atom. The molecule has 0 aliphatic carbocycles. The van der Waals surface area contributed by atoms with Crippen molar-refractivity contribution in [2.24, 2.45) is 0 Å². The van der Waals surface area contributed by atoms with E-state index < -0.39 is 0 Å². The number of rotatable bonds is 2. The predicted molar refractivity (Wildman–Crippen MR) is 84.1 cm³/mol. The highest BCUT2D eigenvalue weighted by Gasteiger charge is 2.09. The van der Waals surface area contributed by atoms with Crippen LogP contribution in [0.5, 0.6) is 0 Å². The lowest BCUT2D eigenvalue weighted by molar-refractivity contribution is 0.102. The number of carbonyl (C=O) groups is 1. The molecule has 0 saturated heterocycles. The summed E-state index contributed by atoms with van der Waals surface area (Å²) in [5.41, 5.74) is 3.88. The van der Waals surface area contributed by atoms with Crippen molar-refractivity contribution in [2.75, 3.05) is 5.32 Å². The van der Waals surface area contributed by atoms with Crippen LogP contribution in [0.15, 0.2) is 42.7 Å². The van der Waals surface area contributed by atoms with Crippen molar-refractivity contribution in [1.29, 1.82) is 0 Å². The van der Waals surface area contributed by atoms with Crippen LogP contribution in [-0.2, 0) is 0 Å². The van der Waals surface area contributed by atoms with Crippen molar-refractivity contribution in [1.82, 2.24) is 9.38 Å². The number of benzene rings is 1. The number of amides is 1. The van der Waals surface area contributed by atoms with Gasteiger partial charge in [-0.25, -0.2) is 4.98 Å². The Labute approximate surface area is 127 Å². The number of fused-ring (bicyclic) bond motifs is 1. The average molecular weight is 300 g/mol. The molecule has 5 heteroatoms. The van der Waals surface area contributed by atoms with Gasteiger partial charge in [0.05, 0.1) is 5.69 Å². The van der Waals surface area contributed by atoms with Crippen LogP contribution in [0.25, 0.3) is 5.65 Å². The predicted octanol–water partition coefficient (Wildman–Crippen LogP) is 3.86. The number of hydrogen-bond donors (Lipinski definition) is 1. The zero-order chi connectivity index (χ0) is 15.0. The molecule has 0 aliphatic heterocycles. The molecule has 106 valence electrons. The Morgan fingerprint density at radius 3 is 2.81 bits per heavy atom. The molecule has 0 radical (unpaired) electrons. The smallest absolute Gasteiger partial charge is 0.255 e. The van der Waals surface area contributed by atoms with Gasteiger partial charge in [0.25, 0.3) is 5.91 Å². The van der Waals surface area contributed by atoms with Gasteiger partial charge in [-0.1, -0.05) is 17.7 Å². The molecule has 0 atom stereocenters. The molecule has 0 bridgehead atoms. The zero-order valence-corrected chi connectivity index (χ0v) is 12.5. The third kappa shape index (κ3) is 2.76. The summed E-state index contributed by atoms with van der Waals surface area (Å²) in [6.07, 6.45) is 3.74. The lowest BCUT2D eigenvalue weighted by Gasteiger charge is -2.07. The molecule has 0 spiro atoms. The third-order valence-corrected chi connectivity index (χ3v) is 3.68. The van der Waals surface area contributed by atoms with Crippen LogP contribution in [0.4, 0.5) is 5.69 Å². The molecular weight excluding hydrogens is 286 g/mol. The Balaban J connectivity index is 1.87. The Kier molecular flexibility index (Phi) is 3.39. The van der Waals surface area contributed by atoms with Gasteiger partial charge >= 0.3 is 0 Å². The number of carbonyl (C=O) groups excluding carboxylic acids is 1. The van der Waals surface area contributed by atoms with E-state index >= 15 is 0 Å². The van der Waals surface area contributed by atoms with Crippen LogP contribution in [-0.4, -0.2) is 15.3 Å². The molecular formula is C16H14ClN3O. The number of pyridine rings is 1. The second-order valence-electron chi connectivity index (χ2n) is 4.98. The first-order valence-corrected chi connectivity index (χ1v) is 6.93. The van der Waals surface area contributed by atoms with Crippen LogP contribution in [0.1, 0.15) is 21.6 Å². The van der Waals surface area contributed by atoms with Crippen molar-refractivity contribution in [3.05, 3.63) is 64.6 Å². The Hall–Kier alpha value is -2.33. The highest BCUT2D eigenvalue weighted by molar-refractivity contribution is 6.31. The molecule has 3 rings (SSSR count). The summed E-state index contributed by atoms with van der Waals surface area (Å²) < 4.78 is 1.88. The number of imidazole rings is 1. The molecule has 3 aromatic rings. The Morgan fingerprint density at radius 1 is 1.24 bits per heavy atom. The largest absolute Gasteiger partial charge is 0.322 e. The van der Waals surface area contributed by atoms with E-state index in [2.05, 4.69) is 10.3 Å². The summed E-state index contributed by atoms with van der Waals surface area (Å²) in [6, 6.07) is 8.97. The molecule has 1 aromatic carbocycles. The maximum atomic E-state index is 12.3. The highest BCUT2D eigenvalue weighted by Crippen LogP contribution is 2.20. The number of halogens is 1. The summed E-state index contributed by atoms with van der Waals surface area (Å²) in [7, 11) is 0. The SMILES string of the molecule is Cc1cn2ccc(C(=O)Nc3ccc(C)c(Cl)c3)cc2n1. The molecule has 0 fully saturated rings. The van der Waals surface area contributed by atoms with Crippen LogP contribution in [0.2, 0.25) is 5.02 Å². The van der Waals surface area contributed by atoms with Crippen molar-refractivity contribution in [3.63, 3.8) is 0 Å². The van der Waals surface area contributed by atoms with E-state index in [1.54, 1.807) is 18.2 Å². The summed E-state index contributed by atoms with van der Waals surface area (Å²) in [4.78, 5) is 16.6. The lowest BCUT2D eigenvalue weighted by Crippen LogP contribution is -2.12. The van der Waals surface area contributed by atoms with Gasteiger partial charge in [-0.15, -0.1) is 0 Å². The molecule has 1 amide bonds. The van der Waals surface area contributed by atoms with E-state index in [1.165, 1.54) is 0 Å². The normalized spacial score (nSPS) is 10.8. The number of nitrogens with zero attached hydrogens (tertiary/aromatic N) is 2. The summed E-state index contributed by atoms with van der Waals surface area (Å²) in [6.45, 7) is 3.84. The fourth-order valence-corrected chi connectivity index (χ4v) is 2.30. The summed E-state index contributed by atoms with van der Waals surface area (Å²) in [5.74, 6) is -0.182. The minimum absolute atomic E-state index is 0.182. The molecule has 0 unspecified atom stereocenters. The van der Waals surface area contributed by atoms with E-state index in [9.17, 15) is 4.79 Å². The van der Waals surface area contributed by atoms with Crippen molar-refractivity contribution < 1.29 is 4.79 Å². The monoisotopic (exact) mass is 299 g/mol. The first-order chi connectivity index (χ1) is 10.0. The summed E-state index contributed by atoms with van der Waals surface area (Å²) >= 11 is 6.06. The van der Waals surface area contributed by atoms with Crippen LogP contribution in [0, 0.1) is 13.8 Å². The molecule has 1 N–H and O–H groups in total. The molecule has 2 heterocycles. The maximum Gasteiger partial charge on any atom is 0.255 e. The van der Waals surface area contributed by atoms with Crippen LogP contribution < -0.4 is 5.32 Å². The van der Waals surface area contributed by atoms with Gasteiger partial charge in [0.15, 0.2) is 0 Å². The van der Waals surface area contributed by atoms with Gasteiger partial charge in [0.2, 0.25) is 0 Å². The summed E-state index contributed by atoms with van der Waals surface area (Å²) in [5, 5.41) is 3.47. The van der Waals surface area contributed by atoms with E-state index in [0.717, 1.165) is 16.9 Å². The molecule has 4 nitrogen and oxygen atoms in total. The number of aryl methyl sites for hydroxylation is 2. The first-order valence-electron chi connectivity index (χ1n) is 6.56. The molecule has 2 aromatic heterocycles. The fourth-order valence-electron chi connectivity index (χ4n) is 2.12. The van der Waals surface area contributed by atoms with Crippen molar-refractivity contribution >= 4 is 28.8 Å². The second-order valence-corrected chi connectivity index (χ2v) is 5.39. The minimum atomic E-state index is -0.182. The zero-order valence-electron chi connectivity index (χ0n) is 11.7. The van der Waals surface area contributed by atoms with Gasteiger partial charge < -0.3 is 9.72 Å². The molecule has 0 saturated carbocycles. The van der Waals surface area contributed by atoms with E-state index in [0.29, 0.717) is 16.3 Å². The van der Waals surface area contributed by atoms with Gasteiger partial charge in [-0.05, 0) is 43.7 Å². The van der Waals surface area contributed by atoms with E-state index in [4.69, 9.17) is 11.6 Å². The number of nitrogens with one attached hydrogen (secondary N) is 1. The van der Waals surface area contributed by atoms with Crippen LogP contribution in [0.3, 0.4) is 0 Å². The molecule has 21 heavy (non-hydrogen) atoms. The van der Waals surface area contributed by atoms with Crippen LogP contribution >= 0.6 is 11.6 Å². The number of aromatic nitrogens is 2. The van der Waals surface area contributed by atoms with E-state index in [-0.39, 0.29) is 5.91 Å². The van der Waals surface area contributed by atoms with Gasteiger partial charge in [0, 0.05) is 28.7 Å². The third-order valence-electron chi connectivity index (χ3n) is 3.27. The van der Waals surface area contributed by atoms with Crippen molar-refractivity contribution in [3.8, 4) is 0 Å². The quantitative estimate of drug-likeness (QED) is 0.781. The van der Waals surface area contributed by atoms with E-state index in [1.807, 2.05) is 42.8 Å². The molecule has 0 aliphatic rings. The second kappa shape index (κ2) is 5.22. The highest BCUT2D eigenvalue weighted by atomic mass is 35.5. The first kappa shape index (κ1) is 13.6. The number of anilines is 1. The average Bonchev–Trinajstić information content (AvgIpc) is 2.82. The fraction of sp³-hybridized carbons (Fsp3) is 0.125. The minimum Gasteiger partial charge on any atom is -0.322 e.